The van der Waals surface area contributed by atoms with Gasteiger partial charge in [0.15, 0.2) is 0 Å². The van der Waals surface area contributed by atoms with Crippen LogP contribution in [0.5, 0.6) is 0 Å². The average Bonchev–Trinajstić information content (AvgIpc) is 3.21. The van der Waals surface area contributed by atoms with Crippen molar-refractivity contribution in [3.63, 3.8) is 0 Å². The van der Waals surface area contributed by atoms with Gasteiger partial charge in [0.05, 0.1) is 22.5 Å². The predicted molar refractivity (Wildman–Crippen MR) is 131 cm³/mol. The van der Waals surface area contributed by atoms with Crippen LogP contribution in [-0.2, 0) is 22.7 Å². The number of hydrogen-bond acceptors (Lipinski definition) is 6. The van der Waals surface area contributed by atoms with E-state index in [1.165, 1.54) is 4.52 Å². The maximum absolute atomic E-state index is 12.8. The highest BCUT2D eigenvalue weighted by Crippen LogP contribution is 2.20. The molecule has 0 saturated heterocycles. The Labute approximate surface area is 210 Å². The van der Waals surface area contributed by atoms with E-state index in [0.29, 0.717) is 31.5 Å². The van der Waals surface area contributed by atoms with Gasteiger partial charge in [0.1, 0.15) is 13.2 Å². The van der Waals surface area contributed by atoms with E-state index < -0.39 is 23.1 Å². The maximum atomic E-state index is 12.8. The molecule has 0 amide bonds. The van der Waals surface area contributed by atoms with Gasteiger partial charge < -0.3 is 9.47 Å². The molecule has 0 radical (unpaired) electrons. The van der Waals surface area contributed by atoms with Gasteiger partial charge in [-0.2, -0.15) is 4.52 Å². The molecule has 0 spiro atoms. The molecular formula is C24H18Br2N2O6. The van der Waals surface area contributed by atoms with Crippen LogP contribution in [0.15, 0.2) is 67.1 Å². The lowest BCUT2D eigenvalue weighted by molar-refractivity contribution is 0.0457. The number of hydrogen-bond donors (Lipinski definition) is 0. The number of carbonyl (C=O) groups is 2. The Morgan fingerprint density at radius 1 is 0.706 bits per heavy atom. The molecule has 0 unspecified atom stereocenters. The number of benzene rings is 2. The first kappa shape index (κ1) is 23.9. The molecule has 0 atom stereocenters. The number of fused-ring (bicyclic) bond motifs is 1. The van der Waals surface area contributed by atoms with Crippen LogP contribution in [0.4, 0.5) is 0 Å². The van der Waals surface area contributed by atoms with Gasteiger partial charge in [-0.1, -0.05) is 24.3 Å². The molecule has 2 aromatic heterocycles. The molecule has 8 nitrogen and oxygen atoms in total. The van der Waals surface area contributed by atoms with E-state index in [2.05, 4.69) is 31.9 Å². The van der Waals surface area contributed by atoms with Crippen molar-refractivity contribution < 1.29 is 19.1 Å². The van der Waals surface area contributed by atoms with Gasteiger partial charge in [0.2, 0.25) is 0 Å². The van der Waals surface area contributed by atoms with Crippen molar-refractivity contribution in [3.05, 3.63) is 112 Å². The summed E-state index contributed by atoms with van der Waals surface area (Å²) in [6, 6.07) is 13.6. The lowest BCUT2D eigenvalue weighted by Crippen LogP contribution is -2.23. The number of carbonyl (C=O) groups excluding carboxylic acids is 2. The third-order valence-corrected chi connectivity index (χ3v) is 6.85. The van der Waals surface area contributed by atoms with Gasteiger partial charge in [0, 0.05) is 20.1 Å². The largest absolute Gasteiger partial charge is 0.456 e. The Hall–Kier alpha value is -3.24. The molecule has 174 valence electrons. The van der Waals surface area contributed by atoms with Crippen molar-refractivity contribution in [2.45, 2.75) is 27.1 Å². The van der Waals surface area contributed by atoms with E-state index in [9.17, 15) is 19.2 Å². The fraction of sp³-hybridized carbons (Fsp3) is 0.167. The third kappa shape index (κ3) is 4.19. The predicted octanol–water partition coefficient (Wildman–Crippen LogP) is 4.05. The van der Waals surface area contributed by atoms with Crippen LogP contribution in [0.25, 0.3) is 0 Å². The molecule has 0 aliphatic rings. The smallest absolute Gasteiger partial charge is 0.339 e. The van der Waals surface area contributed by atoms with Gasteiger partial charge in [-0.25, -0.2) is 14.1 Å². The van der Waals surface area contributed by atoms with Gasteiger partial charge in [0.25, 0.3) is 11.1 Å². The first-order valence-corrected chi connectivity index (χ1v) is 11.7. The van der Waals surface area contributed by atoms with Crippen LogP contribution in [0, 0.1) is 13.8 Å². The second-order valence-electron chi connectivity index (χ2n) is 7.49. The second kappa shape index (κ2) is 9.55. The summed E-state index contributed by atoms with van der Waals surface area (Å²) in [6.45, 7) is 2.60. The summed E-state index contributed by atoms with van der Waals surface area (Å²) in [4.78, 5) is 50.7. The Kier molecular flexibility index (Phi) is 6.72. The van der Waals surface area contributed by atoms with E-state index in [-0.39, 0.29) is 24.3 Å². The molecule has 2 heterocycles. The average molecular weight is 590 g/mol. The Morgan fingerprint density at radius 2 is 1.09 bits per heavy atom. The first-order chi connectivity index (χ1) is 16.2. The van der Waals surface area contributed by atoms with Crippen LogP contribution < -0.4 is 11.1 Å². The molecule has 0 aliphatic heterocycles. The molecule has 0 N–H and O–H groups in total. The molecule has 4 aromatic rings. The number of aromatic nitrogens is 2. The number of rotatable bonds is 6. The van der Waals surface area contributed by atoms with Crippen molar-refractivity contribution in [1.82, 2.24) is 9.03 Å². The van der Waals surface area contributed by atoms with Crippen LogP contribution >= 0.6 is 31.9 Å². The van der Waals surface area contributed by atoms with Crippen LogP contribution in [-0.4, -0.2) is 21.0 Å². The number of ether oxygens (including phenoxy) is 2. The monoisotopic (exact) mass is 588 g/mol. The Morgan fingerprint density at radius 3 is 1.47 bits per heavy atom. The minimum Gasteiger partial charge on any atom is -0.456 e. The standard InChI is InChI=1S/C24H18Br2N2O6/c1-13-19(11-33-23(31)15-7-3-5-9-17(15)25)27-20(14(2)22(30)28(27)21(13)29)12-34-24(32)16-8-4-6-10-18(16)26/h3-10H,11-12H2,1-2H3. The van der Waals surface area contributed by atoms with E-state index in [0.717, 1.165) is 4.52 Å². The molecule has 0 fully saturated rings. The Balaban J connectivity index is 1.67. The van der Waals surface area contributed by atoms with Crippen LogP contribution in [0.3, 0.4) is 0 Å². The SMILES string of the molecule is Cc1c(COC(=O)c2ccccc2Br)n2c(COC(=O)c3ccccc3Br)c(C)c(=O)n2c1=O. The van der Waals surface area contributed by atoms with Crippen molar-refractivity contribution in [3.8, 4) is 0 Å². The van der Waals surface area contributed by atoms with Crippen molar-refractivity contribution in [2.75, 3.05) is 0 Å². The summed E-state index contributed by atoms with van der Waals surface area (Å²) in [6.07, 6.45) is 0. The third-order valence-electron chi connectivity index (χ3n) is 5.47. The summed E-state index contributed by atoms with van der Waals surface area (Å²) in [7, 11) is 0. The van der Waals surface area contributed by atoms with Gasteiger partial charge in [-0.05, 0) is 70.0 Å². The molecule has 10 heteroatoms. The second-order valence-corrected chi connectivity index (χ2v) is 9.20. The zero-order chi connectivity index (χ0) is 24.6. The van der Waals surface area contributed by atoms with Gasteiger partial charge in [-0.15, -0.1) is 0 Å². The number of nitrogens with zero attached hydrogens (tertiary/aromatic N) is 2. The van der Waals surface area contributed by atoms with Crippen molar-refractivity contribution in [1.29, 1.82) is 0 Å². The highest BCUT2D eigenvalue weighted by Gasteiger charge is 2.25. The zero-order valence-electron chi connectivity index (χ0n) is 18.1. The van der Waals surface area contributed by atoms with E-state index in [1.54, 1.807) is 62.4 Å². The fourth-order valence-corrected chi connectivity index (χ4v) is 4.47. The zero-order valence-corrected chi connectivity index (χ0v) is 21.3. The molecule has 0 saturated carbocycles. The quantitative estimate of drug-likeness (QED) is 0.315. The molecule has 2 aromatic carbocycles. The van der Waals surface area contributed by atoms with Crippen molar-refractivity contribution >= 4 is 43.8 Å². The summed E-state index contributed by atoms with van der Waals surface area (Å²) in [5.41, 5.74) is 0.769. The van der Waals surface area contributed by atoms with E-state index in [4.69, 9.17) is 9.47 Å². The Bertz CT molecular complexity index is 1430. The van der Waals surface area contributed by atoms with E-state index in [1.807, 2.05) is 0 Å². The topological polar surface area (TPSA) is 95.6 Å². The minimum atomic E-state index is -0.591. The summed E-state index contributed by atoms with van der Waals surface area (Å²) in [5, 5.41) is 0. The maximum Gasteiger partial charge on any atom is 0.339 e. The fourth-order valence-electron chi connectivity index (χ4n) is 3.58. The molecule has 4 rings (SSSR count). The highest BCUT2D eigenvalue weighted by atomic mass is 79.9. The molecule has 34 heavy (non-hydrogen) atoms. The lowest BCUT2D eigenvalue weighted by atomic mass is 10.2. The highest BCUT2D eigenvalue weighted by molar-refractivity contribution is 9.10. The molecular weight excluding hydrogens is 572 g/mol. The summed E-state index contributed by atoms with van der Waals surface area (Å²) in [5.74, 6) is -1.18. The van der Waals surface area contributed by atoms with Crippen LogP contribution in [0.1, 0.15) is 43.2 Å². The van der Waals surface area contributed by atoms with Crippen LogP contribution in [0.2, 0.25) is 0 Å². The minimum absolute atomic E-state index is 0.253. The molecule has 0 aliphatic carbocycles. The van der Waals surface area contributed by atoms with Crippen molar-refractivity contribution in [2.24, 2.45) is 0 Å². The van der Waals surface area contributed by atoms with Gasteiger partial charge >= 0.3 is 11.9 Å². The number of esters is 2. The van der Waals surface area contributed by atoms with Gasteiger partial charge in [-0.3, -0.25) is 9.59 Å². The number of halogens is 2. The van der Waals surface area contributed by atoms with E-state index >= 15 is 0 Å². The lowest BCUT2D eigenvalue weighted by Gasteiger charge is -2.10. The molecule has 0 bridgehead atoms. The normalized spacial score (nSPS) is 11.1. The summed E-state index contributed by atoms with van der Waals surface area (Å²) >= 11 is 6.62. The summed E-state index contributed by atoms with van der Waals surface area (Å²) < 4.78 is 14.4. The first-order valence-electron chi connectivity index (χ1n) is 10.1.